The van der Waals surface area contributed by atoms with Crippen LogP contribution in [0.15, 0.2) is 42.5 Å². The Bertz CT molecular complexity index is 1220. The zero-order valence-corrected chi connectivity index (χ0v) is 19.1. The molecule has 3 rings (SSSR count). The average Bonchev–Trinajstić information content (AvgIpc) is 3.16. The molecule has 186 valence electrons. The molecule has 35 heavy (non-hydrogen) atoms. The maximum Gasteiger partial charge on any atom is 0.416 e. The van der Waals surface area contributed by atoms with Crippen molar-refractivity contribution in [1.29, 1.82) is 0 Å². The third-order valence-corrected chi connectivity index (χ3v) is 5.19. The van der Waals surface area contributed by atoms with Gasteiger partial charge in [-0.15, -0.1) is 0 Å². The fraction of sp³-hybridized carbons (Fsp3) is 0.292. The van der Waals surface area contributed by atoms with Crippen LogP contribution in [0.3, 0.4) is 0 Å². The number of hydrogen-bond acceptors (Lipinski definition) is 3. The summed E-state index contributed by atoms with van der Waals surface area (Å²) >= 11 is 0. The Balaban J connectivity index is 1.83. The summed E-state index contributed by atoms with van der Waals surface area (Å²) in [6.45, 7) is 5.08. The second-order valence-electron chi connectivity index (χ2n) is 8.18. The standard InChI is InChI=1S/C24H23F5N4O2/c1-12(2)21(34)30-11-14-4-9-17(20(25)26)18(10-14)22(35)33-23-31-13(3)19(32-23)15-5-7-16(8-6-15)24(27,28)29/h4-10,12,20H,11H2,1-3H3,(H,30,34)(H2,31,32,33,35). The molecule has 0 fully saturated rings. The first-order valence-corrected chi connectivity index (χ1v) is 10.6. The molecule has 0 aliphatic heterocycles. The minimum absolute atomic E-state index is 0.0543. The van der Waals surface area contributed by atoms with Crippen molar-refractivity contribution in [2.24, 2.45) is 5.92 Å². The summed E-state index contributed by atoms with van der Waals surface area (Å²) in [5.74, 6) is -1.40. The van der Waals surface area contributed by atoms with Gasteiger partial charge in [0.05, 0.1) is 11.3 Å². The number of anilines is 1. The van der Waals surface area contributed by atoms with E-state index in [1.807, 2.05) is 0 Å². The van der Waals surface area contributed by atoms with Crippen molar-refractivity contribution < 1.29 is 31.5 Å². The number of alkyl halides is 5. The molecule has 0 saturated carbocycles. The highest BCUT2D eigenvalue weighted by Gasteiger charge is 2.30. The molecule has 0 unspecified atom stereocenters. The van der Waals surface area contributed by atoms with Crippen LogP contribution < -0.4 is 10.6 Å². The SMILES string of the molecule is Cc1[nH]c(NC(=O)c2cc(CNC(=O)C(C)C)ccc2C(F)F)nc1-c1ccc(C(F)(F)F)cc1. The van der Waals surface area contributed by atoms with E-state index in [0.29, 0.717) is 22.5 Å². The Labute approximate surface area is 198 Å². The van der Waals surface area contributed by atoms with Gasteiger partial charge in [-0.2, -0.15) is 13.2 Å². The summed E-state index contributed by atoms with van der Waals surface area (Å²) in [5, 5.41) is 5.08. The van der Waals surface area contributed by atoms with E-state index < -0.39 is 29.6 Å². The normalized spacial score (nSPS) is 11.7. The zero-order valence-electron chi connectivity index (χ0n) is 19.1. The lowest BCUT2D eigenvalue weighted by Crippen LogP contribution is -2.27. The molecule has 0 aliphatic rings. The Morgan fingerprint density at radius 2 is 1.71 bits per heavy atom. The minimum atomic E-state index is -4.48. The number of aromatic nitrogens is 2. The van der Waals surface area contributed by atoms with Gasteiger partial charge >= 0.3 is 6.18 Å². The van der Waals surface area contributed by atoms with Gasteiger partial charge in [0.15, 0.2) is 0 Å². The van der Waals surface area contributed by atoms with Crippen LogP contribution in [-0.2, 0) is 17.5 Å². The van der Waals surface area contributed by atoms with Gasteiger partial charge in [0.25, 0.3) is 12.3 Å². The Morgan fingerprint density at radius 3 is 2.29 bits per heavy atom. The monoisotopic (exact) mass is 494 g/mol. The van der Waals surface area contributed by atoms with Crippen LogP contribution in [0.25, 0.3) is 11.3 Å². The predicted molar refractivity (Wildman–Crippen MR) is 120 cm³/mol. The van der Waals surface area contributed by atoms with Crippen molar-refractivity contribution in [2.45, 2.75) is 39.9 Å². The van der Waals surface area contributed by atoms with Crippen LogP contribution in [0.1, 0.15) is 53.0 Å². The molecule has 0 radical (unpaired) electrons. The molecule has 0 bridgehead atoms. The van der Waals surface area contributed by atoms with Gasteiger partial charge < -0.3 is 10.3 Å². The molecule has 0 atom stereocenters. The molecule has 11 heteroatoms. The van der Waals surface area contributed by atoms with Crippen LogP contribution in [0, 0.1) is 12.8 Å². The molecule has 1 aromatic heterocycles. The van der Waals surface area contributed by atoms with Gasteiger partial charge in [-0.25, -0.2) is 13.8 Å². The summed E-state index contributed by atoms with van der Waals surface area (Å²) in [6.07, 6.45) is -7.40. The summed E-state index contributed by atoms with van der Waals surface area (Å²) in [5.41, 5.74) is -0.00774. The first kappa shape index (κ1) is 25.9. The van der Waals surface area contributed by atoms with Gasteiger partial charge in [-0.1, -0.05) is 38.1 Å². The van der Waals surface area contributed by atoms with E-state index in [1.54, 1.807) is 20.8 Å². The first-order valence-electron chi connectivity index (χ1n) is 10.6. The molecule has 0 saturated heterocycles. The predicted octanol–water partition coefficient (Wildman–Crippen LogP) is 5.87. The number of carbonyl (C=O) groups excluding carboxylic acids is 2. The van der Waals surface area contributed by atoms with E-state index in [-0.39, 0.29) is 29.9 Å². The van der Waals surface area contributed by atoms with E-state index in [4.69, 9.17) is 0 Å². The Kier molecular flexibility index (Phi) is 7.57. The number of halogens is 5. The fourth-order valence-electron chi connectivity index (χ4n) is 3.29. The summed E-state index contributed by atoms with van der Waals surface area (Å²) in [6, 6.07) is 8.13. The zero-order chi connectivity index (χ0) is 25.9. The van der Waals surface area contributed by atoms with Crippen molar-refractivity contribution in [3.05, 3.63) is 70.4 Å². The lowest BCUT2D eigenvalue weighted by molar-refractivity contribution is -0.137. The summed E-state index contributed by atoms with van der Waals surface area (Å²) < 4.78 is 65.5. The van der Waals surface area contributed by atoms with Crippen molar-refractivity contribution in [2.75, 3.05) is 5.32 Å². The molecule has 2 amide bonds. The van der Waals surface area contributed by atoms with Crippen LogP contribution >= 0.6 is 0 Å². The highest BCUT2D eigenvalue weighted by atomic mass is 19.4. The van der Waals surface area contributed by atoms with E-state index in [2.05, 4.69) is 20.6 Å². The smallest absolute Gasteiger partial charge is 0.352 e. The molecule has 0 spiro atoms. The molecular weight excluding hydrogens is 471 g/mol. The third-order valence-electron chi connectivity index (χ3n) is 5.19. The van der Waals surface area contributed by atoms with Crippen molar-refractivity contribution in [1.82, 2.24) is 15.3 Å². The fourth-order valence-corrected chi connectivity index (χ4v) is 3.29. The number of nitrogens with one attached hydrogen (secondary N) is 3. The van der Waals surface area contributed by atoms with Crippen LogP contribution in [-0.4, -0.2) is 21.8 Å². The highest BCUT2D eigenvalue weighted by molar-refractivity contribution is 6.04. The number of carbonyl (C=O) groups is 2. The van der Waals surface area contributed by atoms with Crippen LogP contribution in [0.5, 0.6) is 0 Å². The number of amides is 2. The van der Waals surface area contributed by atoms with E-state index >= 15 is 0 Å². The number of rotatable bonds is 7. The second-order valence-corrected chi connectivity index (χ2v) is 8.18. The molecule has 1 heterocycles. The number of aromatic amines is 1. The van der Waals surface area contributed by atoms with E-state index in [1.165, 1.54) is 24.3 Å². The van der Waals surface area contributed by atoms with Crippen molar-refractivity contribution in [3.8, 4) is 11.3 Å². The Hall–Kier alpha value is -3.76. The number of nitrogens with zero attached hydrogens (tertiary/aromatic N) is 1. The topological polar surface area (TPSA) is 86.9 Å². The van der Waals surface area contributed by atoms with Crippen molar-refractivity contribution in [3.63, 3.8) is 0 Å². The highest BCUT2D eigenvalue weighted by Crippen LogP contribution is 2.32. The average molecular weight is 494 g/mol. The van der Waals surface area contributed by atoms with Gasteiger partial charge in [-0.3, -0.25) is 14.9 Å². The number of imidazole rings is 1. The molecule has 3 aromatic rings. The largest absolute Gasteiger partial charge is 0.416 e. The van der Waals surface area contributed by atoms with Gasteiger partial charge in [0, 0.05) is 34.8 Å². The molecule has 2 aromatic carbocycles. The molecule has 0 aliphatic carbocycles. The number of benzene rings is 2. The molecule has 6 nitrogen and oxygen atoms in total. The van der Waals surface area contributed by atoms with Crippen LogP contribution in [0.2, 0.25) is 0 Å². The Morgan fingerprint density at radius 1 is 1.06 bits per heavy atom. The van der Waals surface area contributed by atoms with E-state index in [0.717, 1.165) is 18.2 Å². The number of hydrogen-bond donors (Lipinski definition) is 3. The lowest BCUT2D eigenvalue weighted by Gasteiger charge is -2.12. The van der Waals surface area contributed by atoms with Gasteiger partial charge in [0.1, 0.15) is 0 Å². The maximum absolute atomic E-state index is 13.5. The first-order chi connectivity index (χ1) is 16.4. The maximum atomic E-state index is 13.5. The summed E-state index contributed by atoms with van der Waals surface area (Å²) in [7, 11) is 0. The van der Waals surface area contributed by atoms with Crippen molar-refractivity contribution >= 4 is 17.8 Å². The lowest BCUT2D eigenvalue weighted by atomic mass is 10.0. The van der Waals surface area contributed by atoms with Gasteiger partial charge in [-0.05, 0) is 30.7 Å². The molecule has 3 N–H and O–H groups in total. The van der Waals surface area contributed by atoms with E-state index in [9.17, 15) is 31.5 Å². The second kappa shape index (κ2) is 10.2. The minimum Gasteiger partial charge on any atom is -0.352 e. The number of H-pyrrole nitrogens is 1. The number of aryl methyl sites for hydroxylation is 1. The van der Waals surface area contributed by atoms with Crippen LogP contribution in [0.4, 0.5) is 27.9 Å². The van der Waals surface area contributed by atoms with Gasteiger partial charge in [0.2, 0.25) is 11.9 Å². The quantitative estimate of drug-likeness (QED) is 0.359. The summed E-state index contributed by atoms with van der Waals surface area (Å²) in [4.78, 5) is 31.6. The molecular formula is C24H23F5N4O2. The third kappa shape index (κ3) is 6.23.